The number of esters is 3. The van der Waals surface area contributed by atoms with Gasteiger partial charge in [0.05, 0.1) is 24.0 Å². The maximum atomic E-state index is 13.1. The average Bonchev–Trinajstić information content (AvgIpc) is 3.56. The maximum absolute atomic E-state index is 13.1. The highest BCUT2D eigenvalue weighted by atomic mass is 16.7. The Kier molecular flexibility index (Phi) is 15.0. The highest BCUT2D eigenvalue weighted by Crippen LogP contribution is 2.67. The topological polar surface area (TPSA) is 112 Å². The molecule has 320 valence electrons. The fourth-order valence-corrected chi connectivity index (χ4v) is 13.8. The van der Waals surface area contributed by atoms with Crippen LogP contribution in [-0.2, 0) is 33.3 Å². The van der Waals surface area contributed by atoms with Crippen molar-refractivity contribution in [3.63, 3.8) is 0 Å². The zero-order valence-electron chi connectivity index (χ0n) is 36.7. The van der Waals surface area contributed by atoms with Crippen LogP contribution in [0, 0.1) is 87.3 Å². The fourth-order valence-electron chi connectivity index (χ4n) is 13.8. The van der Waals surface area contributed by atoms with E-state index in [1.807, 2.05) is 6.92 Å². The monoisotopic (exact) mass is 792 g/mol. The molecule has 0 heterocycles. The van der Waals surface area contributed by atoms with Gasteiger partial charge in [-0.05, 0) is 174 Å². The Morgan fingerprint density at radius 1 is 0.807 bits per heavy atom. The average molecular weight is 792 g/mol. The molecule has 0 saturated heterocycles. The first-order valence-electron chi connectivity index (χ1n) is 23.5. The molecule has 6 rings (SSSR count). The van der Waals surface area contributed by atoms with Crippen LogP contribution >= 0.6 is 0 Å². The van der Waals surface area contributed by atoms with Gasteiger partial charge in [0, 0.05) is 12.3 Å². The summed E-state index contributed by atoms with van der Waals surface area (Å²) in [6.45, 7) is 15.6. The molecule has 6 aliphatic carbocycles. The van der Waals surface area contributed by atoms with E-state index in [4.69, 9.17) is 18.9 Å². The van der Waals surface area contributed by atoms with Crippen LogP contribution in [0.25, 0.3) is 0 Å². The lowest BCUT2D eigenvalue weighted by Gasteiger charge is -2.58. The maximum Gasteiger partial charge on any atom is 0.344 e. The van der Waals surface area contributed by atoms with E-state index in [1.54, 1.807) is 6.92 Å². The largest absolute Gasteiger partial charge is 0.460 e. The Hall–Kier alpha value is -2.40. The third-order valence-electron chi connectivity index (χ3n) is 17.0. The summed E-state index contributed by atoms with van der Waals surface area (Å²) >= 11 is 0. The predicted molar refractivity (Wildman–Crippen MR) is 221 cm³/mol. The summed E-state index contributed by atoms with van der Waals surface area (Å²) in [7, 11) is 0. The first kappa shape index (κ1) is 44.2. The van der Waals surface area contributed by atoms with Gasteiger partial charge in [0.15, 0.2) is 13.4 Å². The van der Waals surface area contributed by atoms with Crippen LogP contribution in [0.1, 0.15) is 170 Å². The van der Waals surface area contributed by atoms with Gasteiger partial charge in [0.25, 0.3) is 0 Å². The minimum absolute atomic E-state index is 0.0738. The summed E-state index contributed by atoms with van der Waals surface area (Å²) in [5.41, 5.74) is 2.12. The quantitative estimate of drug-likeness (QED) is 0.0697. The van der Waals surface area contributed by atoms with Crippen LogP contribution in [0.4, 0.5) is 0 Å². The minimum atomic E-state index is -0.513. The summed E-state index contributed by atoms with van der Waals surface area (Å²) in [6, 6.07) is 2.44. The van der Waals surface area contributed by atoms with Gasteiger partial charge in [0.2, 0.25) is 0 Å². The Morgan fingerprint density at radius 3 is 2.18 bits per heavy atom. The van der Waals surface area contributed by atoms with E-state index in [1.165, 1.54) is 50.5 Å². The highest BCUT2D eigenvalue weighted by molar-refractivity contribution is 5.79. The van der Waals surface area contributed by atoms with E-state index in [9.17, 15) is 19.6 Å². The third-order valence-corrected chi connectivity index (χ3v) is 17.0. The van der Waals surface area contributed by atoms with Crippen molar-refractivity contribution in [1.29, 1.82) is 5.26 Å². The van der Waals surface area contributed by atoms with Crippen LogP contribution in [0.2, 0.25) is 0 Å². The molecule has 57 heavy (non-hydrogen) atoms. The van der Waals surface area contributed by atoms with Crippen molar-refractivity contribution in [3.05, 3.63) is 11.6 Å². The van der Waals surface area contributed by atoms with E-state index in [0.29, 0.717) is 23.7 Å². The molecule has 6 aliphatic rings. The number of hydrogen-bond acceptors (Lipinski definition) is 8. The van der Waals surface area contributed by atoms with Gasteiger partial charge in [-0.15, -0.1) is 0 Å². The number of carbonyl (C=O) groups is 3. The zero-order chi connectivity index (χ0) is 40.9. The van der Waals surface area contributed by atoms with E-state index in [2.05, 4.69) is 46.8 Å². The summed E-state index contributed by atoms with van der Waals surface area (Å²) in [6.07, 6.45) is 22.4. The number of ether oxygens (including phenoxy) is 4. The van der Waals surface area contributed by atoms with Gasteiger partial charge in [-0.3, -0.25) is 9.59 Å². The molecular weight excluding hydrogens is 715 g/mol. The molecule has 0 aliphatic heterocycles. The lowest BCUT2D eigenvalue weighted by molar-refractivity contribution is -0.170. The Morgan fingerprint density at radius 2 is 1.51 bits per heavy atom. The summed E-state index contributed by atoms with van der Waals surface area (Å²) in [4.78, 5) is 38.9. The van der Waals surface area contributed by atoms with Gasteiger partial charge >= 0.3 is 17.9 Å². The molecule has 5 saturated carbocycles. The van der Waals surface area contributed by atoms with Gasteiger partial charge in [-0.25, -0.2) is 4.79 Å². The molecule has 0 bridgehead atoms. The highest BCUT2D eigenvalue weighted by Gasteiger charge is 2.59. The van der Waals surface area contributed by atoms with E-state index in [-0.39, 0.29) is 42.7 Å². The standard InChI is InChI=1S/C49H77NO7/c1-8-35(26-33(5)46(52)56-30-55-39-16-13-37(14-17-39)36-11-9-34(28-50)10-12-36)47(53)54-29-45(51)57-40-21-23-48(6)38(27-40)15-18-41-43-20-19-42(32(4)25-31(2)3)49(43,7)24-22-44(41)48/h15,31-37,39-44H,8-14,16-27,29-30H2,1-7H3. The van der Waals surface area contributed by atoms with Crippen molar-refractivity contribution in [2.45, 2.75) is 183 Å². The van der Waals surface area contributed by atoms with E-state index in [0.717, 1.165) is 99.7 Å². The van der Waals surface area contributed by atoms with Crippen LogP contribution in [0.5, 0.6) is 0 Å². The molecule has 0 amide bonds. The number of rotatable bonds is 15. The zero-order valence-corrected chi connectivity index (χ0v) is 36.7. The van der Waals surface area contributed by atoms with Crippen molar-refractivity contribution < 1.29 is 33.3 Å². The number of allylic oxidation sites excluding steroid dienone is 1. The first-order valence-corrected chi connectivity index (χ1v) is 23.5. The Labute approximate surface area is 345 Å². The molecule has 10 unspecified atom stereocenters. The normalized spacial score (nSPS) is 37.9. The first-order chi connectivity index (χ1) is 27.2. The summed E-state index contributed by atoms with van der Waals surface area (Å²) in [5.74, 6) is 4.00. The Balaban J connectivity index is 0.886. The summed E-state index contributed by atoms with van der Waals surface area (Å²) < 4.78 is 22.8. The molecule has 0 spiro atoms. The lowest BCUT2D eigenvalue weighted by Crippen LogP contribution is -2.51. The molecule has 5 fully saturated rings. The molecule has 10 atom stereocenters. The SMILES string of the molecule is CCC(CC(C)C(=O)OCOC1CCC(C2CCC(C#N)CC2)CC1)C(=O)OCC(=O)OC1CCC2(C)C(=CCC3C2CCC2(C)C(C(C)CC(C)C)CCC32)C1. The van der Waals surface area contributed by atoms with E-state index < -0.39 is 30.4 Å². The number of nitriles is 1. The minimum Gasteiger partial charge on any atom is -0.460 e. The number of carbonyl (C=O) groups excluding carboxylic acids is 3. The molecule has 0 aromatic heterocycles. The molecule has 0 radical (unpaired) electrons. The van der Waals surface area contributed by atoms with Crippen molar-refractivity contribution >= 4 is 17.9 Å². The molecular formula is C49H77NO7. The number of fused-ring (bicyclic) bond motifs is 5. The third kappa shape index (κ3) is 10.1. The van der Waals surface area contributed by atoms with Crippen molar-refractivity contribution in [3.8, 4) is 6.07 Å². The Bertz CT molecular complexity index is 1450. The van der Waals surface area contributed by atoms with Crippen molar-refractivity contribution in [2.24, 2.45) is 75.9 Å². The van der Waals surface area contributed by atoms with Crippen molar-refractivity contribution in [1.82, 2.24) is 0 Å². The lowest BCUT2D eigenvalue weighted by atomic mass is 9.47. The molecule has 8 nitrogen and oxygen atoms in total. The smallest absolute Gasteiger partial charge is 0.344 e. The number of nitrogens with zero attached hydrogens (tertiary/aromatic N) is 1. The van der Waals surface area contributed by atoms with Gasteiger partial charge in [-0.1, -0.05) is 60.1 Å². The van der Waals surface area contributed by atoms with Crippen LogP contribution in [-0.4, -0.2) is 43.5 Å². The molecule has 0 N–H and O–H groups in total. The van der Waals surface area contributed by atoms with E-state index >= 15 is 0 Å². The van der Waals surface area contributed by atoms with Crippen LogP contribution < -0.4 is 0 Å². The van der Waals surface area contributed by atoms with Crippen molar-refractivity contribution in [2.75, 3.05) is 13.4 Å². The molecule has 0 aromatic carbocycles. The second-order valence-electron chi connectivity index (χ2n) is 20.8. The second kappa shape index (κ2) is 19.3. The van der Waals surface area contributed by atoms with Gasteiger partial charge < -0.3 is 18.9 Å². The van der Waals surface area contributed by atoms with Gasteiger partial charge in [0.1, 0.15) is 6.10 Å². The predicted octanol–water partition coefficient (Wildman–Crippen LogP) is 11.2. The van der Waals surface area contributed by atoms with Gasteiger partial charge in [-0.2, -0.15) is 5.26 Å². The van der Waals surface area contributed by atoms with Crippen LogP contribution in [0.3, 0.4) is 0 Å². The second-order valence-corrected chi connectivity index (χ2v) is 20.8. The number of hydrogen-bond donors (Lipinski definition) is 0. The van der Waals surface area contributed by atoms with Crippen LogP contribution in [0.15, 0.2) is 11.6 Å². The molecule has 0 aromatic rings. The fraction of sp³-hybridized carbons (Fsp3) is 0.878. The summed E-state index contributed by atoms with van der Waals surface area (Å²) in [5, 5.41) is 9.20. The molecule has 8 heteroatoms.